The topological polar surface area (TPSA) is 50.4 Å². The third-order valence-electron chi connectivity index (χ3n) is 4.14. The van der Waals surface area contributed by atoms with E-state index in [0.29, 0.717) is 18.4 Å². The molecule has 1 atom stereocenters. The van der Waals surface area contributed by atoms with Crippen molar-refractivity contribution in [3.63, 3.8) is 0 Å². The molecular formula is C18H28N2O2. The molecule has 1 aliphatic rings. The van der Waals surface area contributed by atoms with E-state index in [2.05, 4.69) is 29.7 Å². The van der Waals surface area contributed by atoms with E-state index in [-0.39, 0.29) is 11.9 Å². The molecule has 0 aromatic heterocycles. The van der Waals surface area contributed by atoms with E-state index in [0.717, 1.165) is 37.3 Å². The molecule has 1 aromatic carbocycles. The van der Waals surface area contributed by atoms with E-state index in [9.17, 15) is 4.79 Å². The van der Waals surface area contributed by atoms with Gasteiger partial charge in [0.15, 0.2) is 0 Å². The van der Waals surface area contributed by atoms with Crippen LogP contribution in [-0.2, 0) is 16.0 Å². The molecule has 4 heteroatoms. The first-order valence-corrected chi connectivity index (χ1v) is 8.27. The van der Waals surface area contributed by atoms with Gasteiger partial charge in [0.1, 0.15) is 0 Å². The van der Waals surface area contributed by atoms with Crippen molar-refractivity contribution in [3.8, 4) is 0 Å². The highest BCUT2D eigenvalue weighted by Crippen LogP contribution is 2.22. The summed E-state index contributed by atoms with van der Waals surface area (Å²) in [5, 5.41) is 6.48. The number of hydrogen-bond acceptors (Lipinski definition) is 3. The van der Waals surface area contributed by atoms with Crippen LogP contribution in [0.2, 0.25) is 0 Å². The van der Waals surface area contributed by atoms with Crippen LogP contribution in [-0.4, -0.2) is 31.2 Å². The van der Waals surface area contributed by atoms with Gasteiger partial charge >= 0.3 is 0 Å². The molecule has 1 aliphatic heterocycles. The number of rotatable bonds is 6. The predicted molar refractivity (Wildman–Crippen MR) is 90.1 cm³/mol. The van der Waals surface area contributed by atoms with Gasteiger partial charge < -0.3 is 15.4 Å². The second-order valence-electron chi connectivity index (χ2n) is 6.48. The van der Waals surface area contributed by atoms with Crippen LogP contribution in [0.15, 0.2) is 24.3 Å². The molecule has 0 radical (unpaired) electrons. The molecule has 1 amide bonds. The van der Waals surface area contributed by atoms with Crippen LogP contribution in [0.25, 0.3) is 0 Å². The van der Waals surface area contributed by atoms with E-state index in [1.54, 1.807) is 0 Å². The standard InChI is InChI=1S/C18H28N2O2/c1-13(2)19-18(21)12-15-4-6-17(7-5-15)20-14(3)16-8-10-22-11-9-16/h4-7,13-14,16,20H,8-12H2,1-3H3,(H,19,21)/t14-/m0/s1. The predicted octanol–water partition coefficient (Wildman–Crippen LogP) is 2.98. The molecule has 122 valence electrons. The zero-order chi connectivity index (χ0) is 15.9. The molecule has 1 aromatic rings. The van der Waals surface area contributed by atoms with Gasteiger partial charge in [-0.25, -0.2) is 0 Å². The number of benzene rings is 1. The molecule has 0 bridgehead atoms. The van der Waals surface area contributed by atoms with Crippen LogP contribution >= 0.6 is 0 Å². The summed E-state index contributed by atoms with van der Waals surface area (Å²) in [6.45, 7) is 7.94. The molecule has 0 aliphatic carbocycles. The maximum Gasteiger partial charge on any atom is 0.224 e. The molecule has 0 saturated carbocycles. The first-order valence-electron chi connectivity index (χ1n) is 8.27. The summed E-state index contributed by atoms with van der Waals surface area (Å²) in [5.74, 6) is 0.747. The summed E-state index contributed by atoms with van der Waals surface area (Å²) in [5.41, 5.74) is 2.16. The first-order chi connectivity index (χ1) is 10.5. The Kier molecular flexibility index (Phi) is 6.25. The Morgan fingerprint density at radius 1 is 1.18 bits per heavy atom. The van der Waals surface area contributed by atoms with E-state index in [1.165, 1.54) is 0 Å². The monoisotopic (exact) mass is 304 g/mol. The Morgan fingerprint density at radius 2 is 1.82 bits per heavy atom. The minimum absolute atomic E-state index is 0.0753. The van der Waals surface area contributed by atoms with Crippen molar-refractivity contribution in [2.24, 2.45) is 5.92 Å². The van der Waals surface area contributed by atoms with E-state index in [4.69, 9.17) is 4.74 Å². The van der Waals surface area contributed by atoms with E-state index in [1.807, 2.05) is 26.0 Å². The normalized spacial score (nSPS) is 17.3. The van der Waals surface area contributed by atoms with Gasteiger partial charge in [0, 0.05) is 31.0 Å². The van der Waals surface area contributed by atoms with Crippen molar-refractivity contribution < 1.29 is 9.53 Å². The van der Waals surface area contributed by atoms with Crippen LogP contribution in [0.4, 0.5) is 5.69 Å². The summed E-state index contributed by atoms with van der Waals surface area (Å²) in [7, 11) is 0. The number of anilines is 1. The van der Waals surface area contributed by atoms with Gasteiger partial charge in [-0.1, -0.05) is 12.1 Å². The molecule has 1 saturated heterocycles. The van der Waals surface area contributed by atoms with Gasteiger partial charge in [-0.3, -0.25) is 4.79 Å². The summed E-state index contributed by atoms with van der Waals surface area (Å²) in [4.78, 5) is 11.8. The summed E-state index contributed by atoms with van der Waals surface area (Å²) in [6.07, 6.45) is 2.69. The van der Waals surface area contributed by atoms with Gasteiger partial charge in [0.25, 0.3) is 0 Å². The largest absolute Gasteiger partial charge is 0.382 e. The lowest BCUT2D eigenvalue weighted by molar-refractivity contribution is -0.120. The Bertz CT molecular complexity index is 464. The summed E-state index contributed by atoms with van der Waals surface area (Å²) < 4.78 is 5.41. The van der Waals surface area contributed by atoms with E-state index < -0.39 is 0 Å². The van der Waals surface area contributed by atoms with Crippen molar-refractivity contribution >= 4 is 11.6 Å². The maximum absolute atomic E-state index is 11.8. The minimum atomic E-state index is 0.0753. The fraction of sp³-hybridized carbons (Fsp3) is 0.611. The van der Waals surface area contributed by atoms with Crippen LogP contribution in [0.5, 0.6) is 0 Å². The van der Waals surface area contributed by atoms with Crippen LogP contribution in [0, 0.1) is 5.92 Å². The lowest BCUT2D eigenvalue weighted by Crippen LogP contribution is -2.31. The summed E-state index contributed by atoms with van der Waals surface area (Å²) in [6, 6.07) is 8.81. The van der Waals surface area contributed by atoms with Crippen LogP contribution in [0.3, 0.4) is 0 Å². The Morgan fingerprint density at radius 3 is 2.41 bits per heavy atom. The van der Waals surface area contributed by atoms with Crippen molar-refractivity contribution in [2.45, 2.75) is 52.1 Å². The molecule has 2 rings (SSSR count). The van der Waals surface area contributed by atoms with E-state index >= 15 is 0 Å². The fourth-order valence-electron chi connectivity index (χ4n) is 2.87. The van der Waals surface area contributed by atoms with Crippen molar-refractivity contribution in [1.29, 1.82) is 0 Å². The Labute approximate surface area is 133 Å². The zero-order valence-electron chi connectivity index (χ0n) is 13.9. The van der Waals surface area contributed by atoms with Gasteiger partial charge in [-0.2, -0.15) is 0 Å². The average molecular weight is 304 g/mol. The number of ether oxygens (including phenoxy) is 1. The highest BCUT2D eigenvalue weighted by molar-refractivity contribution is 5.78. The van der Waals surface area contributed by atoms with Crippen LogP contribution < -0.4 is 10.6 Å². The molecule has 1 heterocycles. The fourth-order valence-corrected chi connectivity index (χ4v) is 2.87. The second-order valence-corrected chi connectivity index (χ2v) is 6.48. The first kappa shape index (κ1) is 16.8. The average Bonchev–Trinajstić information content (AvgIpc) is 2.49. The molecule has 4 nitrogen and oxygen atoms in total. The minimum Gasteiger partial charge on any atom is -0.382 e. The molecule has 1 fully saturated rings. The maximum atomic E-state index is 11.8. The molecular weight excluding hydrogens is 276 g/mol. The van der Waals surface area contributed by atoms with Gasteiger partial charge in [-0.05, 0) is 57.2 Å². The number of hydrogen-bond donors (Lipinski definition) is 2. The van der Waals surface area contributed by atoms with Crippen molar-refractivity contribution in [2.75, 3.05) is 18.5 Å². The van der Waals surface area contributed by atoms with Gasteiger partial charge in [-0.15, -0.1) is 0 Å². The highest BCUT2D eigenvalue weighted by Gasteiger charge is 2.20. The second kappa shape index (κ2) is 8.18. The number of amides is 1. The van der Waals surface area contributed by atoms with Crippen molar-refractivity contribution in [1.82, 2.24) is 5.32 Å². The number of carbonyl (C=O) groups is 1. The highest BCUT2D eigenvalue weighted by atomic mass is 16.5. The molecule has 0 spiro atoms. The van der Waals surface area contributed by atoms with Gasteiger partial charge in [0.05, 0.1) is 6.42 Å². The Hall–Kier alpha value is -1.55. The zero-order valence-corrected chi connectivity index (χ0v) is 13.9. The smallest absolute Gasteiger partial charge is 0.224 e. The summed E-state index contributed by atoms with van der Waals surface area (Å²) >= 11 is 0. The SMILES string of the molecule is CC(C)NC(=O)Cc1ccc(N[C@@H](C)C2CCOCC2)cc1. The molecule has 0 unspecified atom stereocenters. The van der Waals surface area contributed by atoms with Crippen LogP contribution in [0.1, 0.15) is 39.2 Å². The van der Waals surface area contributed by atoms with Crippen molar-refractivity contribution in [3.05, 3.63) is 29.8 Å². The lowest BCUT2D eigenvalue weighted by atomic mass is 9.93. The number of nitrogens with one attached hydrogen (secondary N) is 2. The third-order valence-corrected chi connectivity index (χ3v) is 4.14. The Balaban J connectivity index is 1.84. The van der Waals surface area contributed by atoms with Gasteiger partial charge in [0.2, 0.25) is 5.91 Å². The molecule has 2 N–H and O–H groups in total. The molecule has 22 heavy (non-hydrogen) atoms. The lowest BCUT2D eigenvalue weighted by Gasteiger charge is -2.29. The quantitative estimate of drug-likeness (QED) is 0.849. The number of carbonyl (C=O) groups excluding carboxylic acids is 1. The third kappa shape index (κ3) is 5.34.